The first kappa shape index (κ1) is 9.97. The topological polar surface area (TPSA) is 50.7 Å². The van der Waals surface area contributed by atoms with Gasteiger partial charge in [-0.15, -0.1) is 5.10 Å². The monoisotopic (exact) mass is 224 g/mol. The van der Waals surface area contributed by atoms with Crippen LogP contribution in [0.5, 0.6) is 0 Å². The van der Waals surface area contributed by atoms with Crippen LogP contribution in [-0.2, 0) is 6.54 Å². The largest absolute Gasteiger partial charge is 0.380 e. The molecular formula is C9H9FN4S. The molecule has 2 aromatic heterocycles. The lowest BCUT2D eigenvalue weighted by Gasteiger charge is -2.03. The second kappa shape index (κ2) is 4.31. The van der Waals surface area contributed by atoms with Crippen LogP contribution in [0, 0.1) is 12.9 Å². The van der Waals surface area contributed by atoms with Gasteiger partial charge in [0.05, 0.1) is 17.1 Å². The Hall–Kier alpha value is -1.56. The van der Waals surface area contributed by atoms with Crippen molar-refractivity contribution < 1.29 is 4.39 Å². The highest BCUT2D eigenvalue weighted by atomic mass is 32.1. The molecule has 0 unspecified atom stereocenters. The number of nitrogens with one attached hydrogen (secondary N) is 1. The summed E-state index contributed by atoms with van der Waals surface area (Å²) in [5.74, 6) is -0.487. The van der Waals surface area contributed by atoms with Crippen LogP contribution in [0.15, 0.2) is 18.3 Å². The first-order valence-electron chi connectivity index (χ1n) is 4.39. The number of hydrogen-bond acceptors (Lipinski definition) is 5. The Morgan fingerprint density at radius 3 is 3.07 bits per heavy atom. The van der Waals surface area contributed by atoms with Gasteiger partial charge in [0.15, 0.2) is 0 Å². The van der Waals surface area contributed by atoms with Gasteiger partial charge in [-0.05, 0) is 24.5 Å². The number of aryl methyl sites for hydroxylation is 1. The number of nitrogens with zero attached hydrogens (tertiary/aromatic N) is 3. The third-order valence-corrected chi connectivity index (χ3v) is 2.75. The Morgan fingerprint density at radius 1 is 1.53 bits per heavy atom. The molecule has 2 heterocycles. The average molecular weight is 224 g/mol. The molecule has 6 heteroatoms. The highest BCUT2D eigenvalue weighted by molar-refractivity contribution is 7.05. The lowest BCUT2D eigenvalue weighted by Crippen LogP contribution is -1.99. The molecule has 0 bridgehead atoms. The lowest BCUT2D eigenvalue weighted by atomic mass is 10.3. The number of aromatic nitrogens is 3. The van der Waals surface area contributed by atoms with Crippen LogP contribution in [0.3, 0.4) is 0 Å². The molecule has 0 aliphatic carbocycles. The van der Waals surface area contributed by atoms with Gasteiger partial charge in [-0.2, -0.15) is 4.39 Å². The molecule has 15 heavy (non-hydrogen) atoms. The molecule has 0 radical (unpaired) electrons. The summed E-state index contributed by atoms with van der Waals surface area (Å²) in [6, 6.07) is 3.07. The third-order valence-electron chi connectivity index (χ3n) is 1.93. The molecule has 0 saturated carbocycles. The van der Waals surface area contributed by atoms with E-state index in [2.05, 4.69) is 19.9 Å². The zero-order valence-electron chi connectivity index (χ0n) is 8.07. The van der Waals surface area contributed by atoms with Gasteiger partial charge in [-0.25, -0.2) is 4.98 Å². The van der Waals surface area contributed by atoms with Crippen LogP contribution in [-0.4, -0.2) is 14.6 Å². The van der Waals surface area contributed by atoms with E-state index >= 15 is 0 Å². The maximum atomic E-state index is 12.7. The molecule has 4 nitrogen and oxygen atoms in total. The van der Waals surface area contributed by atoms with Gasteiger partial charge >= 0.3 is 0 Å². The lowest BCUT2D eigenvalue weighted by molar-refractivity contribution is 0.584. The summed E-state index contributed by atoms with van der Waals surface area (Å²) < 4.78 is 16.6. The number of anilines is 1. The number of rotatable bonds is 3. The van der Waals surface area contributed by atoms with Crippen molar-refractivity contribution in [2.45, 2.75) is 13.5 Å². The summed E-state index contributed by atoms with van der Waals surface area (Å²) in [5, 5.41) is 6.97. The minimum Gasteiger partial charge on any atom is -0.380 e. The highest BCUT2D eigenvalue weighted by Crippen LogP contribution is 2.13. The Balaban J connectivity index is 2.02. The van der Waals surface area contributed by atoms with Crippen molar-refractivity contribution in [2.75, 3.05) is 5.32 Å². The van der Waals surface area contributed by atoms with E-state index in [4.69, 9.17) is 0 Å². The second-order valence-electron chi connectivity index (χ2n) is 3.00. The van der Waals surface area contributed by atoms with Crippen molar-refractivity contribution in [1.29, 1.82) is 0 Å². The van der Waals surface area contributed by atoms with Crippen molar-refractivity contribution >= 4 is 17.2 Å². The molecule has 2 rings (SSSR count). The maximum Gasteiger partial charge on any atom is 0.214 e. The van der Waals surface area contributed by atoms with Crippen LogP contribution >= 0.6 is 11.5 Å². The first-order valence-corrected chi connectivity index (χ1v) is 5.16. The molecule has 0 saturated heterocycles. The van der Waals surface area contributed by atoms with Crippen LogP contribution in [0.4, 0.5) is 10.1 Å². The van der Waals surface area contributed by atoms with E-state index in [1.165, 1.54) is 23.8 Å². The normalized spacial score (nSPS) is 10.3. The zero-order chi connectivity index (χ0) is 10.7. The SMILES string of the molecule is Cc1nnsc1CNc1ccnc(F)c1. The minimum absolute atomic E-state index is 0.487. The van der Waals surface area contributed by atoms with Gasteiger partial charge in [-0.1, -0.05) is 4.49 Å². The van der Waals surface area contributed by atoms with E-state index in [9.17, 15) is 4.39 Å². The number of halogens is 1. The maximum absolute atomic E-state index is 12.7. The Morgan fingerprint density at radius 2 is 2.40 bits per heavy atom. The number of hydrogen-bond donors (Lipinski definition) is 1. The molecule has 0 spiro atoms. The summed E-state index contributed by atoms with van der Waals surface area (Å²) in [6.45, 7) is 2.50. The molecule has 0 amide bonds. The van der Waals surface area contributed by atoms with E-state index in [-0.39, 0.29) is 0 Å². The Labute approximate surface area is 90.3 Å². The summed E-state index contributed by atoms with van der Waals surface area (Å²) in [7, 11) is 0. The minimum atomic E-state index is -0.487. The van der Waals surface area contributed by atoms with E-state index in [0.717, 1.165) is 10.6 Å². The zero-order valence-corrected chi connectivity index (χ0v) is 8.88. The summed E-state index contributed by atoms with van der Waals surface area (Å²) >= 11 is 1.34. The predicted molar refractivity (Wildman–Crippen MR) is 56.2 cm³/mol. The fourth-order valence-corrected chi connectivity index (χ4v) is 1.68. The van der Waals surface area contributed by atoms with Gasteiger partial charge in [0.25, 0.3) is 0 Å². The van der Waals surface area contributed by atoms with Crippen molar-refractivity contribution in [1.82, 2.24) is 14.6 Å². The predicted octanol–water partition coefficient (Wildman–Crippen LogP) is 1.99. The third kappa shape index (κ3) is 2.47. The van der Waals surface area contributed by atoms with Crippen molar-refractivity contribution in [3.05, 3.63) is 34.8 Å². The quantitative estimate of drug-likeness (QED) is 0.810. The molecule has 78 valence electrons. The number of pyridine rings is 1. The average Bonchev–Trinajstić information content (AvgIpc) is 2.61. The van der Waals surface area contributed by atoms with Crippen LogP contribution < -0.4 is 5.32 Å². The Bertz CT molecular complexity index is 457. The Kier molecular flexibility index (Phi) is 2.86. The van der Waals surface area contributed by atoms with Crippen molar-refractivity contribution in [3.8, 4) is 0 Å². The van der Waals surface area contributed by atoms with E-state index in [0.29, 0.717) is 12.2 Å². The summed E-state index contributed by atoms with van der Waals surface area (Å²) in [4.78, 5) is 4.52. The highest BCUT2D eigenvalue weighted by Gasteiger charge is 2.02. The molecule has 2 aromatic rings. The first-order chi connectivity index (χ1) is 7.25. The molecule has 0 atom stereocenters. The van der Waals surface area contributed by atoms with Gasteiger partial charge in [0.1, 0.15) is 0 Å². The van der Waals surface area contributed by atoms with Crippen LogP contribution in [0.1, 0.15) is 10.6 Å². The molecule has 0 aliphatic heterocycles. The van der Waals surface area contributed by atoms with Gasteiger partial charge in [0, 0.05) is 18.0 Å². The molecule has 0 aliphatic rings. The summed E-state index contributed by atoms with van der Waals surface area (Å²) in [5.41, 5.74) is 1.61. The molecular weight excluding hydrogens is 215 g/mol. The molecule has 1 N–H and O–H groups in total. The van der Waals surface area contributed by atoms with Crippen LogP contribution in [0.2, 0.25) is 0 Å². The van der Waals surface area contributed by atoms with Crippen LogP contribution in [0.25, 0.3) is 0 Å². The fourth-order valence-electron chi connectivity index (χ4n) is 1.11. The smallest absolute Gasteiger partial charge is 0.214 e. The fraction of sp³-hybridized carbons (Fsp3) is 0.222. The van der Waals surface area contributed by atoms with Gasteiger partial charge in [0.2, 0.25) is 5.95 Å². The van der Waals surface area contributed by atoms with E-state index < -0.39 is 5.95 Å². The second-order valence-corrected chi connectivity index (χ2v) is 3.84. The van der Waals surface area contributed by atoms with Crippen molar-refractivity contribution in [2.24, 2.45) is 0 Å². The molecule has 0 aromatic carbocycles. The van der Waals surface area contributed by atoms with Gasteiger partial charge < -0.3 is 5.32 Å². The van der Waals surface area contributed by atoms with Crippen molar-refractivity contribution in [3.63, 3.8) is 0 Å². The standard InChI is InChI=1S/C9H9FN4S/c1-6-8(15-14-13-6)5-12-7-2-3-11-9(10)4-7/h2-4H,5H2,1H3,(H,11,12). The summed E-state index contributed by atoms with van der Waals surface area (Å²) in [6.07, 6.45) is 1.43. The van der Waals surface area contributed by atoms with E-state index in [1.807, 2.05) is 6.92 Å². The van der Waals surface area contributed by atoms with Gasteiger partial charge in [-0.3, -0.25) is 0 Å². The van der Waals surface area contributed by atoms with E-state index in [1.54, 1.807) is 6.07 Å². The molecule has 0 fully saturated rings.